The molecule has 0 atom stereocenters. The van der Waals surface area contributed by atoms with Crippen LogP contribution in [0.3, 0.4) is 0 Å². The van der Waals surface area contributed by atoms with Gasteiger partial charge in [-0.15, -0.1) is 0 Å². The van der Waals surface area contributed by atoms with E-state index >= 15 is 0 Å². The first-order valence-electron chi connectivity index (χ1n) is 16.5. The highest BCUT2D eigenvalue weighted by molar-refractivity contribution is 6.12. The van der Waals surface area contributed by atoms with Crippen molar-refractivity contribution in [1.82, 2.24) is 4.98 Å². The number of allylic oxidation sites excluding steroid dienone is 5. The van der Waals surface area contributed by atoms with E-state index in [1.165, 1.54) is 66.1 Å². The Hall–Kier alpha value is -5.79. The summed E-state index contributed by atoms with van der Waals surface area (Å²) < 4.78 is 0. The van der Waals surface area contributed by atoms with E-state index in [9.17, 15) is 0 Å². The largest absolute Gasteiger partial charge is 0.248 e. The van der Waals surface area contributed by atoms with Crippen molar-refractivity contribution in [3.05, 3.63) is 181 Å². The average Bonchev–Trinajstić information content (AvgIpc) is 3.51. The summed E-state index contributed by atoms with van der Waals surface area (Å²) in [7, 11) is 0. The molecule has 1 aromatic heterocycles. The molecule has 1 aliphatic rings. The van der Waals surface area contributed by atoms with Crippen LogP contribution in [-0.4, -0.2) is 4.98 Å². The van der Waals surface area contributed by atoms with Gasteiger partial charge in [-0.25, -0.2) is 4.98 Å². The maximum atomic E-state index is 5.35. The van der Waals surface area contributed by atoms with Crippen molar-refractivity contribution in [3.63, 3.8) is 0 Å². The molecule has 0 saturated carbocycles. The van der Waals surface area contributed by atoms with Gasteiger partial charge in [-0.05, 0) is 103 Å². The molecule has 0 saturated heterocycles. The predicted octanol–water partition coefficient (Wildman–Crippen LogP) is 12.5. The molecule has 7 aromatic rings. The van der Waals surface area contributed by atoms with Gasteiger partial charge in [0.05, 0.1) is 11.4 Å². The van der Waals surface area contributed by atoms with Crippen LogP contribution in [0.15, 0.2) is 164 Å². The Balaban J connectivity index is 1.31. The highest BCUT2D eigenvalue weighted by Gasteiger charge is 2.24. The average molecular weight is 602 g/mol. The van der Waals surface area contributed by atoms with Crippen molar-refractivity contribution in [2.24, 2.45) is 0 Å². The molecular formula is C46H35N. The second kappa shape index (κ2) is 12.2. The second-order valence-electron chi connectivity index (χ2n) is 12.2. The zero-order valence-electron chi connectivity index (χ0n) is 26.6. The third-order valence-corrected chi connectivity index (χ3v) is 9.35. The number of pyridine rings is 1. The highest BCUT2D eigenvalue weighted by atomic mass is 14.7. The van der Waals surface area contributed by atoms with Gasteiger partial charge in [-0.2, -0.15) is 0 Å². The fraction of sp³-hybridized carbons (Fsp3) is 0.0652. The lowest BCUT2D eigenvalue weighted by atomic mass is 9.91. The first-order chi connectivity index (χ1) is 23.2. The molecule has 6 aromatic carbocycles. The van der Waals surface area contributed by atoms with Gasteiger partial charge >= 0.3 is 0 Å². The van der Waals surface area contributed by atoms with E-state index in [-0.39, 0.29) is 0 Å². The standard InChI is InChI=1S/C46H35N/c1-3-5-14-33(13-4-2)44-29-37(31-15-7-6-8-16-31)30-45(47-44)42-22-11-18-36-27-34-23-24-35(28-43(34)46(36)42)39-20-12-21-40-38-19-10-9-17-32(38)25-26-41(39)40/h3,5-26,28-30H,1,4,27H2,2H3/b14-5-,33-13+. The van der Waals surface area contributed by atoms with Gasteiger partial charge in [-0.1, -0.05) is 153 Å². The number of hydrogen-bond donors (Lipinski definition) is 0. The topological polar surface area (TPSA) is 12.9 Å². The number of benzene rings is 6. The first kappa shape index (κ1) is 28.7. The summed E-state index contributed by atoms with van der Waals surface area (Å²) in [5.41, 5.74) is 14.4. The highest BCUT2D eigenvalue weighted by Crippen LogP contribution is 2.45. The molecule has 1 aliphatic carbocycles. The van der Waals surface area contributed by atoms with E-state index in [2.05, 4.69) is 159 Å². The molecule has 1 heteroatoms. The Morgan fingerprint density at radius 2 is 1.45 bits per heavy atom. The number of nitrogens with zero attached hydrogens (tertiary/aromatic N) is 1. The summed E-state index contributed by atoms with van der Waals surface area (Å²) in [6, 6.07) is 48.7. The van der Waals surface area contributed by atoms with Crippen LogP contribution in [-0.2, 0) is 6.42 Å². The molecule has 0 spiro atoms. The van der Waals surface area contributed by atoms with Crippen molar-refractivity contribution in [2.75, 3.05) is 0 Å². The number of hydrogen-bond acceptors (Lipinski definition) is 1. The van der Waals surface area contributed by atoms with Gasteiger partial charge in [0.1, 0.15) is 0 Å². The van der Waals surface area contributed by atoms with E-state index in [1.54, 1.807) is 0 Å². The second-order valence-corrected chi connectivity index (χ2v) is 12.2. The third kappa shape index (κ3) is 5.20. The maximum absolute atomic E-state index is 5.35. The van der Waals surface area contributed by atoms with Crippen LogP contribution in [0.1, 0.15) is 30.2 Å². The fourth-order valence-electron chi connectivity index (χ4n) is 7.17. The van der Waals surface area contributed by atoms with Gasteiger partial charge in [0.25, 0.3) is 0 Å². The molecule has 0 amide bonds. The fourth-order valence-corrected chi connectivity index (χ4v) is 7.17. The third-order valence-electron chi connectivity index (χ3n) is 9.35. The summed E-state index contributed by atoms with van der Waals surface area (Å²) in [5, 5.41) is 5.13. The predicted molar refractivity (Wildman–Crippen MR) is 201 cm³/mol. The van der Waals surface area contributed by atoms with Crippen molar-refractivity contribution < 1.29 is 0 Å². The molecule has 224 valence electrons. The monoisotopic (exact) mass is 601 g/mol. The Morgan fingerprint density at radius 3 is 2.32 bits per heavy atom. The summed E-state index contributed by atoms with van der Waals surface area (Å²) in [4.78, 5) is 5.35. The van der Waals surface area contributed by atoms with Crippen LogP contribution < -0.4 is 0 Å². The van der Waals surface area contributed by atoms with Crippen molar-refractivity contribution in [2.45, 2.75) is 19.8 Å². The minimum atomic E-state index is 0.921. The molecular weight excluding hydrogens is 567 g/mol. The normalized spacial score (nSPS) is 12.5. The van der Waals surface area contributed by atoms with Crippen LogP contribution in [0.2, 0.25) is 0 Å². The zero-order chi connectivity index (χ0) is 31.7. The van der Waals surface area contributed by atoms with Crippen LogP contribution in [0.5, 0.6) is 0 Å². The van der Waals surface area contributed by atoms with E-state index < -0.39 is 0 Å². The molecule has 8 rings (SSSR count). The van der Waals surface area contributed by atoms with Gasteiger partial charge in [-0.3, -0.25) is 0 Å². The Bertz CT molecular complexity index is 2370. The summed E-state index contributed by atoms with van der Waals surface area (Å²) in [5.74, 6) is 0. The molecule has 0 aliphatic heterocycles. The molecule has 0 fully saturated rings. The first-order valence-corrected chi connectivity index (χ1v) is 16.5. The summed E-state index contributed by atoms with van der Waals surface area (Å²) in [6.07, 6.45) is 10.0. The van der Waals surface area contributed by atoms with Gasteiger partial charge in [0.15, 0.2) is 0 Å². The Kier molecular flexibility index (Phi) is 7.44. The van der Waals surface area contributed by atoms with Crippen molar-refractivity contribution >= 4 is 27.1 Å². The minimum absolute atomic E-state index is 0.921. The summed E-state index contributed by atoms with van der Waals surface area (Å²) in [6.45, 7) is 6.07. The van der Waals surface area contributed by atoms with Crippen LogP contribution in [0, 0.1) is 0 Å². The maximum Gasteiger partial charge on any atom is 0.0722 e. The van der Waals surface area contributed by atoms with Gasteiger partial charge < -0.3 is 0 Å². The zero-order valence-corrected chi connectivity index (χ0v) is 26.6. The molecule has 0 bridgehead atoms. The lowest BCUT2D eigenvalue weighted by Crippen LogP contribution is -1.96. The molecule has 1 heterocycles. The molecule has 1 nitrogen and oxygen atoms in total. The van der Waals surface area contributed by atoms with E-state index in [1.807, 2.05) is 12.2 Å². The quantitative estimate of drug-likeness (QED) is 0.131. The van der Waals surface area contributed by atoms with Crippen LogP contribution in [0.4, 0.5) is 0 Å². The molecule has 0 N–H and O–H groups in total. The smallest absolute Gasteiger partial charge is 0.0722 e. The minimum Gasteiger partial charge on any atom is -0.248 e. The molecule has 0 unspecified atom stereocenters. The van der Waals surface area contributed by atoms with E-state index in [0.29, 0.717) is 0 Å². The van der Waals surface area contributed by atoms with Gasteiger partial charge in [0.2, 0.25) is 0 Å². The van der Waals surface area contributed by atoms with Crippen LogP contribution >= 0.6 is 0 Å². The Morgan fingerprint density at radius 1 is 0.638 bits per heavy atom. The SMILES string of the molecule is C=C/C=C\C(=C/CC)c1cc(-c2ccccc2)cc(-c2cccc3c2-c2cc(-c4cccc5c4ccc4ccccc45)ccc2C3)n1. The Labute approximate surface area is 276 Å². The van der Waals surface area contributed by atoms with Crippen molar-refractivity contribution in [1.29, 1.82) is 0 Å². The lowest BCUT2D eigenvalue weighted by Gasteiger charge is -2.15. The number of rotatable bonds is 7. The number of aromatic nitrogens is 1. The van der Waals surface area contributed by atoms with Crippen LogP contribution in [0.25, 0.3) is 71.8 Å². The van der Waals surface area contributed by atoms with Gasteiger partial charge in [0, 0.05) is 5.56 Å². The molecule has 47 heavy (non-hydrogen) atoms. The summed E-state index contributed by atoms with van der Waals surface area (Å²) >= 11 is 0. The molecule has 0 radical (unpaired) electrons. The van der Waals surface area contributed by atoms with E-state index in [0.717, 1.165) is 35.4 Å². The number of fused-ring (bicyclic) bond motifs is 6. The van der Waals surface area contributed by atoms with Crippen molar-refractivity contribution in [3.8, 4) is 44.6 Å². The van der Waals surface area contributed by atoms with E-state index in [4.69, 9.17) is 4.98 Å². The lowest BCUT2D eigenvalue weighted by molar-refractivity contribution is 1.21.